The molecule has 1 amide bonds. The van der Waals surface area contributed by atoms with Gasteiger partial charge >= 0.3 is 0 Å². The highest BCUT2D eigenvalue weighted by Gasteiger charge is 2.25. The third-order valence-electron chi connectivity index (χ3n) is 2.83. The van der Waals surface area contributed by atoms with Gasteiger partial charge < -0.3 is 10.6 Å². The Morgan fingerprint density at radius 3 is 2.85 bits per heavy atom. The zero-order chi connectivity index (χ0) is 9.84. The minimum atomic E-state index is 0.176. The van der Waals surface area contributed by atoms with Crippen molar-refractivity contribution in [1.29, 1.82) is 0 Å². The number of carbonyl (C=O) groups is 1. The molecule has 2 atom stereocenters. The molecule has 1 heterocycles. The van der Waals surface area contributed by atoms with Crippen LogP contribution in [0.2, 0.25) is 0 Å². The highest BCUT2D eigenvalue weighted by Crippen LogP contribution is 2.16. The number of rotatable bonds is 2. The van der Waals surface area contributed by atoms with E-state index in [2.05, 4.69) is 6.92 Å². The molecule has 13 heavy (non-hydrogen) atoms. The van der Waals surface area contributed by atoms with Crippen LogP contribution in [0.1, 0.15) is 33.1 Å². The van der Waals surface area contributed by atoms with Gasteiger partial charge in [0, 0.05) is 25.6 Å². The first-order valence-electron chi connectivity index (χ1n) is 5.18. The zero-order valence-corrected chi connectivity index (χ0v) is 8.62. The summed E-state index contributed by atoms with van der Waals surface area (Å²) >= 11 is 0. The van der Waals surface area contributed by atoms with Crippen molar-refractivity contribution in [1.82, 2.24) is 4.90 Å². The predicted octanol–water partition coefficient (Wildman–Crippen LogP) is 0.982. The Morgan fingerprint density at radius 1 is 1.62 bits per heavy atom. The molecule has 1 aliphatic rings. The van der Waals surface area contributed by atoms with Crippen molar-refractivity contribution in [3.8, 4) is 0 Å². The Bertz CT molecular complexity index is 182. The second-order valence-corrected chi connectivity index (χ2v) is 4.02. The minimum absolute atomic E-state index is 0.176. The summed E-state index contributed by atoms with van der Waals surface area (Å²) in [6.07, 6.45) is 2.65. The number of piperidine rings is 1. The molecular weight excluding hydrogens is 164 g/mol. The van der Waals surface area contributed by atoms with Crippen LogP contribution in [-0.4, -0.2) is 29.9 Å². The molecule has 0 saturated carbocycles. The Labute approximate surface area is 80.3 Å². The van der Waals surface area contributed by atoms with E-state index in [1.807, 2.05) is 11.8 Å². The van der Waals surface area contributed by atoms with Gasteiger partial charge in [-0.15, -0.1) is 0 Å². The lowest BCUT2D eigenvalue weighted by molar-refractivity contribution is -0.132. The standard InChI is InChI=1S/C10H20N2O/c1-3-4-10(13)12-6-5-8(2)9(11)7-12/h8-9H,3-7,11H2,1-2H3. The van der Waals surface area contributed by atoms with Crippen molar-refractivity contribution in [2.45, 2.75) is 39.2 Å². The number of nitrogens with zero attached hydrogens (tertiary/aromatic N) is 1. The van der Waals surface area contributed by atoms with Crippen LogP contribution in [0.5, 0.6) is 0 Å². The maximum Gasteiger partial charge on any atom is 0.222 e. The van der Waals surface area contributed by atoms with Crippen LogP contribution in [0.25, 0.3) is 0 Å². The summed E-state index contributed by atoms with van der Waals surface area (Å²) in [5.41, 5.74) is 5.91. The molecule has 1 rings (SSSR count). The van der Waals surface area contributed by atoms with E-state index in [-0.39, 0.29) is 11.9 Å². The first-order valence-corrected chi connectivity index (χ1v) is 5.18. The van der Waals surface area contributed by atoms with Crippen LogP contribution in [0.3, 0.4) is 0 Å². The van der Waals surface area contributed by atoms with Gasteiger partial charge in [0.05, 0.1) is 0 Å². The van der Waals surface area contributed by atoms with Gasteiger partial charge in [0.15, 0.2) is 0 Å². The van der Waals surface area contributed by atoms with Gasteiger partial charge in [-0.3, -0.25) is 4.79 Å². The Morgan fingerprint density at radius 2 is 2.31 bits per heavy atom. The number of carbonyl (C=O) groups excluding carboxylic acids is 1. The molecule has 1 aliphatic heterocycles. The summed E-state index contributed by atoms with van der Waals surface area (Å²) in [5, 5.41) is 0. The van der Waals surface area contributed by atoms with Crippen LogP contribution < -0.4 is 5.73 Å². The quantitative estimate of drug-likeness (QED) is 0.695. The van der Waals surface area contributed by atoms with Crippen molar-refractivity contribution >= 4 is 5.91 Å². The molecule has 0 aromatic heterocycles. The van der Waals surface area contributed by atoms with Gasteiger partial charge in [-0.05, 0) is 18.8 Å². The maximum atomic E-state index is 11.5. The van der Waals surface area contributed by atoms with E-state index in [1.54, 1.807) is 0 Å². The SMILES string of the molecule is CCCC(=O)N1CCC(C)C(N)C1. The van der Waals surface area contributed by atoms with Gasteiger partial charge in [0.25, 0.3) is 0 Å². The van der Waals surface area contributed by atoms with Crippen LogP contribution in [0.15, 0.2) is 0 Å². The molecule has 0 radical (unpaired) electrons. The lowest BCUT2D eigenvalue weighted by atomic mass is 9.94. The molecule has 0 aromatic carbocycles. The van der Waals surface area contributed by atoms with E-state index in [1.165, 1.54) is 0 Å². The number of hydrogen-bond acceptors (Lipinski definition) is 2. The molecule has 2 N–H and O–H groups in total. The molecule has 76 valence electrons. The number of likely N-dealkylation sites (tertiary alicyclic amines) is 1. The molecule has 2 unspecified atom stereocenters. The fraction of sp³-hybridized carbons (Fsp3) is 0.900. The Balaban J connectivity index is 2.40. The van der Waals surface area contributed by atoms with Crippen molar-refractivity contribution in [3.05, 3.63) is 0 Å². The van der Waals surface area contributed by atoms with Crippen molar-refractivity contribution < 1.29 is 4.79 Å². The number of amides is 1. The normalized spacial score (nSPS) is 29.0. The highest BCUT2D eigenvalue weighted by molar-refractivity contribution is 5.76. The molecule has 1 fully saturated rings. The van der Waals surface area contributed by atoms with Gasteiger partial charge in [0.2, 0.25) is 5.91 Å². The predicted molar refractivity (Wildman–Crippen MR) is 53.2 cm³/mol. The van der Waals surface area contributed by atoms with Crippen molar-refractivity contribution in [2.24, 2.45) is 11.7 Å². The van der Waals surface area contributed by atoms with E-state index >= 15 is 0 Å². The summed E-state index contributed by atoms with van der Waals surface area (Å²) in [5.74, 6) is 0.829. The van der Waals surface area contributed by atoms with Gasteiger partial charge in [-0.25, -0.2) is 0 Å². The molecule has 3 heteroatoms. The summed E-state index contributed by atoms with van der Waals surface area (Å²) < 4.78 is 0. The van der Waals surface area contributed by atoms with E-state index < -0.39 is 0 Å². The third kappa shape index (κ3) is 2.69. The lowest BCUT2D eigenvalue weighted by Crippen LogP contribution is -2.49. The summed E-state index contributed by atoms with van der Waals surface area (Å²) in [6.45, 7) is 5.84. The molecule has 3 nitrogen and oxygen atoms in total. The molecule has 0 aromatic rings. The van der Waals surface area contributed by atoms with Gasteiger partial charge in [-0.1, -0.05) is 13.8 Å². The van der Waals surface area contributed by atoms with E-state index in [0.29, 0.717) is 12.3 Å². The van der Waals surface area contributed by atoms with Crippen LogP contribution in [0.4, 0.5) is 0 Å². The van der Waals surface area contributed by atoms with Crippen molar-refractivity contribution in [3.63, 3.8) is 0 Å². The Kier molecular flexibility index (Phi) is 3.72. The minimum Gasteiger partial charge on any atom is -0.341 e. The fourth-order valence-electron chi connectivity index (χ4n) is 1.70. The van der Waals surface area contributed by atoms with Gasteiger partial charge in [0.1, 0.15) is 0 Å². The fourth-order valence-corrected chi connectivity index (χ4v) is 1.70. The van der Waals surface area contributed by atoms with Crippen molar-refractivity contribution in [2.75, 3.05) is 13.1 Å². The number of hydrogen-bond donors (Lipinski definition) is 1. The second-order valence-electron chi connectivity index (χ2n) is 4.02. The third-order valence-corrected chi connectivity index (χ3v) is 2.83. The Hall–Kier alpha value is -0.570. The molecule has 0 spiro atoms. The highest BCUT2D eigenvalue weighted by atomic mass is 16.2. The first kappa shape index (κ1) is 10.5. The zero-order valence-electron chi connectivity index (χ0n) is 8.62. The largest absolute Gasteiger partial charge is 0.341 e. The van der Waals surface area contributed by atoms with E-state index in [4.69, 9.17) is 5.73 Å². The van der Waals surface area contributed by atoms with Crippen LogP contribution in [0, 0.1) is 5.92 Å². The van der Waals surface area contributed by atoms with E-state index in [9.17, 15) is 4.79 Å². The maximum absolute atomic E-state index is 11.5. The molecule has 0 aliphatic carbocycles. The average Bonchev–Trinajstić information content (AvgIpc) is 2.10. The number of nitrogens with two attached hydrogens (primary N) is 1. The summed E-state index contributed by atoms with van der Waals surface area (Å²) in [7, 11) is 0. The van der Waals surface area contributed by atoms with Crippen LogP contribution in [-0.2, 0) is 4.79 Å². The summed E-state index contributed by atoms with van der Waals surface area (Å²) in [6, 6.07) is 0.176. The average molecular weight is 184 g/mol. The summed E-state index contributed by atoms with van der Waals surface area (Å²) in [4.78, 5) is 13.4. The monoisotopic (exact) mass is 184 g/mol. The topological polar surface area (TPSA) is 46.3 Å². The van der Waals surface area contributed by atoms with Gasteiger partial charge in [-0.2, -0.15) is 0 Å². The molecule has 0 bridgehead atoms. The first-order chi connectivity index (χ1) is 6.15. The molecule has 1 saturated heterocycles. The van der Waals surface area contributed by atoms with E-state index in [0.717, 1.165) is 25.9 Å². The lowest BCUT2D eigenvalue weighted by Gasteiger charge is -2.35. The second kappa shape index (κ2) is 4.61. The smallest absolute Gasteiger partial charge is 0.222 e. The molecular formula is C10H20N2O. The van der Waals surface area contributed by atoms with Crippen LogP contribution >= 0.6 is 0 Å².